The van der Waals surface area contributed by atoms with Gasteiger partial charge >= 0.3 is 0 Å². The van der Waals surface area contributed by atoms with Gasteiger partial charge in [-0.1, -0.05) is 83.9 Å². The van der Waals surface area contributed by atoms with E-state index in [4.69, 9.17) is 11.5 Å². The van der Waals surface area contributed by atoms with Crippen LogP contribution in [0.3, 0.4) is 0 Å². The van der Waals surface area contributed by atoms with E-state index in [0.29, 0.717) is 11.4 Å². The van der Waals surface area contributed by atoms with Crippen LogP contribution in [0.15, 0.2) is 97.1 Å². The lowest BCUT2D eigenvalue weighted by Gasteiger charge is -2.02. The number of phenols is 2. The third-order valence-electron chi connectivity index (χ3n) is 5.04. The van der Waals surface area contributed by atoms with Crippen molar-refractivity contribution in [2.75, 3.05) is 11.5 Å². The second-order valence-corrected chi connectivity index (χ2v) is 7.60. The summed E-state index contributed by atoms with van der Waals surface area (Å²) >= 11 is 0. The average Bonchev–Trinajstić information content (AvgIpc) is 2.80. The molecule has 4 nitrogen and oxygen atoms in total. The molecule has 0 aliphatic heterocycles. The van der Waals surface area contributed by atoms with E-state index in [1.165, 1.54) is 11.1 Å². The van der Waals surface area contributed by atoms with Crippen molar-refractivity contribution in [3.63, 3.8) is 0 Å². The third-order valence-corrected chi connectivity index (χ3v) is 5.04. The molecule has 0 aliphatic carbocycles. The van der Waals surface area contributed by atoms with Crippen LogP contribution >= 0.6 is 0 Å². The molecule has 0 heterocycles. The van der Waals surface area contributed by atoms with Crippen LogP contribution in [0.2, 0.25) is 0 Å². The Morgan fingerprint density at radius 1 is 0.469 bits per heavy atom. The smallest absolute Gasteiger partial charge is 0.123 e. The summed E-state index contributed by atoms with van der Waals surface area (Å²) in [7, 11) is 0. The highest BCUT2D eigenvalue weighted by molar-refractivity contribution is 5.97. The summed E-state index contributed by atoms with van der Waals surface area (Å²) in [6, 6.07) is 30.1. The minimum absolute atomic E-state index is 0.278. The number of nitrogens with two attached hydrogens (primary N) is 2. The van der Waals surface area contributed by atoms with Gasteiger partial charge in [-0.05, 0) is 38.1 Å². The van der Waals surface area contributed by atoms with Crippen LogP contribution in [0.1, 0.15) is 11.1 Å². The summed E-state index contributed by atoms with van der Waals surface area (Å²) in [6.45, 7) is 4.21. The molecule has 32 heavy (non-hydrogen) atoms. The Morgan fingerprint density at radius 3 is 1.16 bits per heavy atom. The normalized spacial score (nSPS) is 10.1. The highest BCUT2D eigenvalue weighted by Gasteiger charge is 2.01. The van der Waals surface area contributed by atoms with Gasteiger partial charge < -0.3 is 21.7 Å². The number of aryl methyl sites for hydroxylation is 2. The van der Waals surface area contributed by atoms with E-state index in [9.17, 15) is 10.2 Å². The van der Waals surface area contributed by atoms with Crippen molar-refractivity contribution < 1.29 is 10.2 Å². The van der Waals surface area contributed by atoms with E-state index in [0.717, 1.165) is 21.5 Å². The first-order chi connectivity index (χ1) is 15.4. The molecule has 0 aromatic heterocycles. The highest BCUT2D eigenvalue weighted by atomic mass is 16.3. The van der Waals surface area contributed by atoms with Crippen LogP contribution in [0, 0.1) is 13.8 Å². The number of hydrogen-bond acceptors (Lipinski definition) is 4. The molecule has 0 unspecified atom stereocenters. The highest BCUT2D eigenvalue weighted by Crippen LogP contribution is 2.29. The molecule has 5 aromatic carbocycles. The summed E-state index contributed by atoms with van der Waals surface area (Å²) in [5.74, 6) is 0.555. The predicted octanol–water partition coefficient (Wildman–Crippen LogP) is 6.56. The van der Waals surface area contributed by atoms with Gasteiger partial charge in [0.1, 0.15) is 11.5 Å². The lowest BCUT2D eigenvalue weighted by atomic mass is 10.1. The molecule has 0 amide bonds. The molecule has 162 valence electrons. The largest absolute Gasteiger partial charge is 0.507 e. The number of benzene rings is 5. The molecule has 5 aromatic rings. The molecule has 0 saturated carbocycles. The number of phenolic OH excluding ortho intramolecular Hbond substituents is 2. The number of fused-ring (bicyclic) bond motifs is 2. The molecule has 6 N–H and O–H groups in total. The van der Waals surface area contributed by atoms with Gasteiger partial charge in [-0.15, -0.1) is 0 Å². The van der Waals surface area contributed by atoms with Crippen molar-refractivity contribution >= 4 is 32.9 Å². The van der Waals surface area contributed by atoms with Gasteiger partial charge in [0, 0.05) is 32.9 Å². The van der Waals surface area contributed by atoms with E-state index in [2.05, 4.69) is 38.1 Å². The summed E-state index contributed by atoms with van der Waals surface area (Å²) in [5, 5.41) is 22.3. The molecule has 0 fully saturated rings. The topological polar surface area (TPSA) is 92.5 Å². The molecule has 0 saturated heterocycles. The lowest BCUT2D eigenvalue weighted by Crippen LogP contribution is -1.85. The van der Waals surface area contributed by atoms with Gasteiger partial charge in [0.25, 0.3) is 0 Å². The maximum Gasteiger partial charge on any atom is 0.123 e. The van der Waals surface area contributed by atoms with Gasteiger partial charge in [0.05, 0.1) is 0 Å². The van der Waals surface area contributed by atoms with Crippen molar-refractivity contribution in [2.24, 2.45) is 0 Å². The molecule has 0 radical (unpaired) electrons. The van der Waals surface area contributed by atoms with Gasteiger partial charge in [-0.2, -0.15) is 0 Å². The minimum atomic E-state index is 0.278. The van der Waals surface area contributed by atoms with Crippen LogP contribution in [0.4, 0.5) is 11.4 Å². The van der Waals surface area contributed by atoms with E-state index < -0.39 is 0 Å². The van der Waals surface area contributed by atoms with Crippen LogP contribution in [0.25, 0.3) is 21.5 Å². The zero-order valence-electron chi connectivity index (χ0n) is 18.3. The number of aromatic hydroxyl groups is 2. The SMILES string of the molecule is Cc1cccc(C)c1.Nc1ccc(O)c2ccccc12.Nc1ccc(O)c2ccccc12. The van der Waals surface area contributed by atoms with E-state index in [-0.39, 0.29) is 11.5 Å². The fraction of sp³-hybridized carbons (Fsp3) is 0.0714. The summed E-state index contributed by atoms with van der Waals surface area (Å²) in [4.78, 5) is 0. The maximum absolute atomic E-state index is 9.44. The fourth-order valence-electron chi connectivity index (χ4n) is 3.42. The monoisotopic (exact) mass is 424 g/mol. The Labute approximate surface area is 188 Å². The van der Waals surface area contributed by atoms with Gasteiger partial charge in [0.15, 0.2) is 0 Å². The third kappa shape index (κ3) is 5.49. The Balaban J connectivity index is 0.000000139. The van der Waals surface area contributed by atoms with Gasteiger partial charge in [-0.3, -0.25) is 0 Å². The molecule has 0 atom stereocenters. The Bertz CT molecular complexity index is 1160. The first-order valence-corrected chi connectivity index (χ1v) is 10.3. The van der Waals surface area contributed by atoms with Crippen LogP contribution < -0.4 is 11.5 Å². The molecular formula is C28H28N2O2. The van der Waals surface area contributed by atoms with Crippen LogP contribution in [-0.4, -0.2) is 10.2 Å². The summed E-state index contributed by atoms with van der Waals surface area (Å²) < 4.78 is 0. The number of rotatable bonds is 0. The fourth-order valence-corrected chi connectivity index (χ4v) is 3.42. The van der Waals surface area contributed by atoms with Gasteiger partial charge in [-0.25, -0.2) is 0 Å². The molecule has 0 spiro atoms. The standard InChI is InChI=1S/2C10H9NO.C8H10/c2*11-9-5-6-10(12)8-4-2-1-3-7(8)9;1-7-4-3-5-8(2)6-7/h2*1-6,12H,11H2;3-6H,1-2H3. The Kier molecular flexibility index (Phi) is 7.19. The quantitative estimate of drug-likeness (QED) is 0.167. The summed E-state index contributed by atoms with van der Waals surface area (Å²) in [6.07, 6.45) is 0. The Hall–Kier alpha value is -4.18. The van der Waals surface area contributed by atoms with Crippen molar-refractivity contribution in [1.82, 2.24) is 0 Å². The van der Waals surface area contributed by atoms with Crippen molar-refractivity contribution in [3.8, 4) is 11.5 Å². The van der Waals surface area contributed by atoms with E-state index in [1.54, 1.807) is 24.3 Å². The Morgan fingerprint density at radius 2 is 0.844 bits per heavy atom. The molecule has 5 rings (SSSR count). The number of nitrogen functional groups attached to an aromatic ring is 2. The van der Waals surface area contributed by atoms with Crippen LogP contribution in [0.5, 0.6) is 11.5 Å². The molecule has 4 heteroatoms. The van der Waals surface area contributed by atoms with E-state index >= 15 is 0 Å². The van der Waals surface area contributed by atoms with Crippen molar-refractivity contribution in [1.29, 1.82) is 0 Å². The summed E-state index contributed by atoms with van der Waals surface area (Å²) in [5.41, 5.74) is 15.5. The van der Waals surface area contributed by atoms with E-state index in [1.807, 2.05) is 48.5 Å². The lowest BCUT2D eigenvalue weighted by molar-refractivity contribution is 0.481. The first-order valence-electron chi connectivity index (χ1n) is 10.3. The second-order valence-electron chi connectivity index (χ2n) is 7.60. The molecule has 0 bridgehead atoms. The maximum atomic E-state index is 9.44. The van der Waals surface area contributed by atoms with Gasteiger partial charge in [0.2, 0.25) is 0 Å². The molecule has 0 aliphatic rings. The van der Waals surface area contributed by atoms with Crippen LogP contribution in [-0.2, 0) is 0 Å². The number of anilines is 2. The average molecular weight is 425 g/mol. The number of hydrogen-bond donors (Lipinski definition) is 4. The first kappa shape index (κ1) is 22.5. The second kappa shape index (κ2) is 10.2. The zero-order chi connectivity index (χ0) is 23.1. The molecular weight excluding hydrogens is 396 g/mol. The predicted molar refractivity (Wildman–Crippen MR) is 136 cm³/mol. The zero-order valence-corrected chi connectivity index (χ0v) is 18.3. The van der Waals surface area contributed by atoms with Crippen molar-refractivity contribution in [3.05, 3.63) is 108 Å². The minimum Gasteiger partial charge on any atom is -0.507 e. The van der Waals surface area contributed by atoms with Crippen molar-refractivity contribution in [2.45, 2.75) is 13.8 Å².